The summed E-state index contributed by atoms with van der Waals surface area (Å²) < 4.78 is 5.64. The summed E-state index contributed by atoms with van der Waals surface area (Å²) >= 11 is 0. The Balaban J connectivity index is 1.92. The molecule has 1 saturated heterocycles. The van der Waals surface area contributed by atoms with E-state index >= 15 is 0 Å². The summed E-state index contributed by atoms with van der Waals surface area (Å²) in [6.45, 7) is 3.06. The monoisotopic (exact) mass is 233 g/mol. The van der Waals surface area contributed by atoms with Crippen molar-refractivity contribution < 1.29 is 9.84 Å². The number of likely N-dealkylation sites (tertiary alicyclic amines) is 1. The van der Waals surface area contributed by atoms with E-state index in [2.05, 4.69) is 4.90 Å². The van der Waals surface area contributed by atoms with Gasteiger partial charge in [-0.15, -0.1) is 0 Å². The minimum Gasteiger partial charge on any atom is -0.507 e. The second-order valence-electron chi connectivity index (χ2n) is 4.94. The highest BCUT2D eigenvalue weighted by molar-refractivity contribution is 5.47. The van der Waals surface area contributed by atoms with Crippen LogP contribution in [0.1, 0.15) is 37.3 Å². The van der Waals surface area contributed by atoms with Crippen LogP contribution in [0, 0.1) is 0 Å². The van der Waals surface area contributed by atoms with Gasteiger partial charge >= 0.3 is 0 Å². The molecule has 0 radical (unpaired) electrons. The van der Waals surface area contributed by atoms with E-state index in [1.54, 1.807) is 6.07 Å². The smallest absolute Gasteiger partial charge is 0.127 e. The molecule has 1 aromatic rings. The minimum absolute atomic E-state index is 0.347. The van der Waals surface area contributed by atoms with Gasteiger partial charge in [-0.1, -0.05) is 12.5 Å². The first-order chi connectivity index (χ1) is 8.36. The Bertz CT molecular complexity index is 399. The predicted molar refractivity (Wildman–Crippen MR) is 66.4 cm³/mol. The molecule has 0 aromatic heterocycles. The van der Waals surface area contributed by atoms with Gasteiger partial charge in [0, 0.05) is 12.5 Å². The van der Waals surface area contributed by atoms with E-state index < -0.39 is 0 Å². The van der Waals surface area contributed by atoms with Gasteiger partial charge in [0.15, 0.2) is 0 Å². The maximum absolute atomic E-state index is 10.1. The Morgan fingerprint density at radius 3 is 2.82 bits per heavy atom. The zero-order chi connectivity index (χ0) is 11.7. The molecule has 1 aromatic carbocycles. The van der Waals surface area contributed by atoms with Crippen molar-refractivity contribution in [3.05, 3.63) is 23.8 Å². The number of piperidine rings is 1. The molecule has 0 amide bonds. The lowest BCUT2D eigenvalue weighted by Crippen LogP contribution is -2.36. The van der Waals surface area contributed by atoms with Gasteiger partial charge in [0.1, 0.15) is 11.5 Å². The normalized spacial score (nSPS) is 25.1. The van der Waals surface area contributed by atoms with Crippen molar-refractivity contribution in [3.8, 4) is 11.5 Å². The summed E-state index contributed by atoms with van der Waals surface area (Å²) in [5.41, 5.74) is 1.00. The molecule has 0 aliphatic carbocycles. The quantitative estimate of drug-likeness (QED) is 0.809. The zero-order valence-electron chi connectivity index (χ0n) is 10.1. The number of phenols is 1. The lowest BCUT2D eigenvalue weighted by atomic mass is 9.96. The molecule has 3 heteroatoms. The first-order valence-corrected chi connectivity index (χ1v) is 6.55. The highest BCUT2D eigenvalue weighted by Crippen LogP contribution is 2.42. The van der Waals surface area contributed by atoms with E-state index in [0.29, 0.717) is 11.8 Å². The van der Waals surface area contributed by atoms with Crippen LogP contribution in [0.2, 0.25) is 0 Å². The summed E-state index contributed by atoms with van der Waals surface area (Å²) in [7, 11) is 0. The highest BCUT2D eigenvalue weighted by atomic mass is 16.5. The summed E-state index contributed by atoms with van der Waals surface area (Å²) in [5, 5.41) is 10.1. The molecule has 3 rings (SSSR count). The molecule has 0 spiro atoms. The van der Waals surface area contributed by atoms with Gasteiger partial charge in [-0.05, 0) is 38.1 Å². The predicted octanol–water partition coefficient (Wildman–Crippen LogP) is 2.70. The molecule has 0 saturated carbocycles. The van der Waals surface area contributed by atoms with Gasteiger partial charge in [-0.3, -0.25) is 4.90 Å². The van der Waals surface area contributed by atoms with Crippen LogP contribution in [0.3, 0.4) is 0 Å². The van der Waals surface area contributed by atoms with Crippen LogP contribution in [0.5, 0.6) is 11.5 Å². The third-order valence-electron chi connectivity index (χ3n) is 3.86. The molecule has 17 heavy (non-hydrogen) atoms. The van der Waals surface area contributed by atoms with Crippen LogP contribution in [0.4, 0.5) is 0 Å². The van der Waals surface area contributed by atoms with Crippen molar-refractivity contribution in [2.24, 2.45) is 0 Å². The number of hydrogen-bond acceptors (Lipinski definition) is 3. The molecule has 1 atom stereocenters. The standard InChI is InChI=1S/C14H19NO2/c16-12-5-4-6-13-14(12)11(7-10-17-13)15-8-2-1-3-9-15/h4-6,11,16H,1-3,7-10H2. The third-order valence-corrected chi connectivity index (χ3v) is 3.86. The average Bonchev–Trinajstić information content (AvgIpc) is 2.39. The van der Waals surface area contributed by atoms with Crippen molar-refractivity contribution in [1.82, 2.24) is 4.90 Å². The highest BCUT2D eigenvalue weighted by Gasteiger charge is 2.30. The van der Waals surface area contributed by atoms with E-state index in [1.165, 1.54) is 19.3 Å². The summed E-state index contributed by atoms with van der Waals surface area (Å²) in [6, 6.07) is 5.93. The molecule has 1 N–H and O–H groups in total. The molecule has 2 aliphatic heterocycles. The van der Waals surface area contributed by atoms with E-state index in [0.717, 1.165) is 37.4 Å². The lowest BCUT2D eigenvalue weighted by Gasteiger charge is -2.38. The zero-order valence-corrected chi connectivity index (χ0v) is 10.1. The fourth-order valence-electron chi connectivity index (χ4n) is 3.01. The average molecular weight is 233 g/mol. The van der Waals surface area contributed by atoms with Gasteiger partial charge in [0.25, 0.3) is 0 Å². The molecule has 2 heterocycles. The fourth-order valence-corrected chi connectivity index (χ4v) is 3.01. The third kappa shape index (κ3) is 2.00. The molecule has 92 valence electrons. The maximum Gasteiger partial charge on any atom is 0.127 e. The first kappa shape index (κ1) is 10.9. The lowest BCUT2D eigenvalue weighted by molar-refractivity contribution is 0.117. The van der Waals surface area contributed by atoms with E-state index in [4.69, 9.17) is 4.74 Å². The second-order valence-corrected chi connectivity index (χ2v) is 4.94. The Morgan fingerprint density at radius 2 is 2.00 bits per heavy atom. The first-order valence-electron chi connectivity index (χ1n) is 6.55. The largest absolute Gasteiger partial charge is 0.507 e. The summed E-state index contributed by atoms with van der Waals surface area (Å²) in [5.74, 6) is 1.25. The van der Waals surface area contributed by atoms with Crippen LogP contribution in [-0.2, 0) is 0 Å². The van der Waals surface area contributed by atoms with Crippen LogP contribution < -0.4 is 4.74 Å². The van der Waals surface area contributed by atoms with E-state index in [-0.39, 0.29) is 0 Å². The van der Waals surface area contributed by atoms with Crippen LogP contribution in [-0.4, -0.2) is 29.7 Å². The number of benzene rings is 1. The van der Waals surface area contributed by atoms with Crippen molar-refractivity contribution in [2.45, 2.75) is 31.7 Å². The molecule has 0 bridgehead atoms. The van der Waals surface area contributed by atoms with E-state index in [1.807, 2.05) is 12.1 Å². The van der Waals surface area contributed by atoms with Crippen LogP contribution in [0.25, 0.3) is 0 Å². The fraction of sp³-hybridized carbons (Fsp3) is 0.571. The molecular weight excluding hydrogens is 214 g/mol. The SMILES string of the molecule is Oc1cccc2c1C(N1CCCCC1)CCO2. The summed E-state index contributed by atoms with van der Waals surface area (Å²) in [6.07, 6.45) is 4.89. The minimum atomic E-state index is 0.347. The Labute approximate surface area is 102 Å². The number of ether oxygens (including phenoxy) is 1. The van der Waals surface area contributed by atoms with Crippen molar-refractivity contribution in [2.75, 3.05) is 19.7 Å². The topological polar surface area (TPSA) is 32.7 Å². The summed E-state index contributed by atoms with van der Waals surface area (Å²) in [4.78, 5) is 2.50. The van der Waals surface area contributed by atoms with E-state index in [9.17, 15) is 5.11 Å². The molecule has 1 unspecified atom stereocenters. The van der Waals surface area contributed by atoms with Crippen LogP contribution in [0.15, 0.2) is 18.2 Å². The number of rotatable bonds is 1. The number of nitrogens with zero attached hydrogens (tertiary/aromatic N) is 1. The number of hydrogen-bond donors (Lipinski definition) is 1. The van der Waals surface area contributed by atoms with Gasteiger partial charge in [0.2, 0.25) is 0 Å². The van der Waals surface area contributed by atoms with Gasteiger partial charge < -0.3 is 9.84 Å². The molecule has 3 nitrogen and oxygen atoms in total. The Hall–Kier alpha value is -1.22. The Kier molecular flexibility index (Phi) is 2.93. The van der Waals surface area contributed by atoms with Crippen molar-refractivity contribution in [1.29, 1.82) is 0 Å². The van der Waals surface area contributed by atoms with Gasteiger partial charge in [-0.2, -0.15) is 0 Å². The Morgan fingerprint density at radius 1 is 1.18 bits per heavy atom. The second kappa shape index (κ2) is 4.57. The van der Waals surface area contributed by atoms with Crippen molar-refractivity contribution >= 4 is 0 Å². The number of fused-ring (bicyclic) bond motifs is 1. The molecular formula is C14H19NO2. The number of aromatic hydroxyl groups is 1. The molecule has 2 aliphatic rings. The molecule has 1 fully saturated rings. The van der Waals surface area contributed by atoms with Crippen molar-refractivity contribution in [3.63, 3.8) is 0 Å². The van der Waals surface area contributed by atoms with Gasteiger partial charge in [0.05, 0.1) is 12.2 Å². The van der Waals surface area contributed by atoms with Crippen LogP contribution >= 0.6 is 0 Å². The number of phenolic OH excluding ortho intramolecular Hbond substituents is 1. The maximum atomic E-state index is 10.1. The van der Waals surface area contributed by atoms with Gasteiger partial charge in [-0.25, -0.2) is 0 Å².